The quantitative estimate of drug-likeness (QED) is 0.492. The van der Waals surface area contributed by atoms with E-state index < -0.39 is 0 Å². The molecule has 3 nitrogen and oxygen atoms in total. The Morgan fingerprint density at radius 1 is 1.30 bits per heavy atom. The Morgan fingerprint density at radius 3 is 2.26 bits per heavy atom. The monoisotopic (exact) mass is 352 g/mol. The minimum Gasteiger partial charge on any atom is -0.332 e. The molecule has 0 aromatic carbocycles. The van der Waals surface area contributed by atoms with Gasteiger partial charge in [0.05, 0.1) is 17.1 Å². The van der Waals surface area contributed by atoms with E-state index in [1.165, 1.54) is 4.57 Å². The summed E-state index contributed by atoms with van der Waals surface area (Å²) in [7, 11) is 0. The van der Waals surface area contributed by atoms with Crippen molar-refractivity contribution in [3.05, 3.63) is 62.0 Å². The van der Waals surface area contributed by atoms with E-state index in [9.17, 15) is 4.79 Å². The highest BCUT2D eigenvalue weighted by molar-refractivity contribution is 7.83. The number of nitrogens with one attached hydrogen (secondary N) is 1. The highest BCUT2D eigenvalue weighted by Crippen LogP contribution is 2.00. The van der Waals surface area contributed by atoms with Gasteiger partial charge in [-0.1, -0.05) is 59.1 Å². The van der Waals surface area contributed by atoms with Gasteiger partial charge >= 0.3 is 0 Å². The summed E-state index contributed by atoms with van der Waals surface area (Å²) in [5.41, 5.74) is 0.668. The first kappa shape index (κ1) is 23.7. The summed E-state index contributed by atoms with van der Waals surface area (Å²) >= 11 is 9.29. The summed E-state index contributed by atoms with van der Waals surface area (Å²) in [5.74, 6) is 0. The smallest absolute Gasteiger partial charge is 0.262 e. The number of H-pyrrole nitrogens is 1. The van der Waals surface area contributed by atoms with Gasteiger partial charge in [-0.05, 0) is 36.2 Å². The van der Waals surface area contributed by atoms with E-state index >= 15 is 0 Å². The summed E-state index contributed by atoms with van der Waals surface area (Å²) < 4.78 is 1.84. The lowest BCUT2D eigenvalue weighted by molar-refractivity contribution is 0.709. The molecule has 0 amide bonds. The van der Waals surface area contributed by atoms with Gasteiger partial charge in [-0.25, -0.2) is 0 Å². The highest BCUT2D eigenvalue weighted by Gasteiger charge is 2.03. The maximum atomic E-state index is 12.4. The van der Waals surface area contributed by atoms with E-state index in [2.05, 4.69) is 30.8 Å². The third-order valence-electron chi connectivity index (χ3n) is 2.59. The largest absolute Gasteiger partial charge is 0.332 e. The van der Waals surface area contributed by atoms with Crippen molar-refractivity contribution >= 4 is 37.0 Å². The average molecular weight is 353 g/mol. The number of hydrogen-bond acceptors (Lipinski definition) is 3. The standard InChI is InChI=1S/C14H16N2OS2.2C2H6/c1-4-7-12-11(6-3)13(17)16(14(19)15-12)8-10(5-2)9-18;2*1-2/h4-7,9,18H,1-2,8H2,3H3,(H,15,19);2*1-2H3/b10-9+,11-6+,12-7+;;. The van der Waals surface area contributed by atoms with Crippen molar-refractivity contribution < 1.29 is 0 Å². The number of aromatic amines is 1. The van der Waals surface area contributed by atoms with Gasteiger partial charge in [0.15, 0.2) is 4.77 Å². The average Bonchev–Trinajstić information content (AvgIpc) is 2.59. The van der Waals surface area contributed by atoms with Crippen LogP contribution in [0.3, 0.4) is 0 Å². The number of aromatic nitrogens is 2. The fraction of sp³-hybridized carbons (Fsp3) is 0.333. The molecule has 0 bridgehead atoms. The van der Waals surface area contributed by atoms with Crippen molar-refractivity contribution in [2.75, 3.05) is 0 Å². The maximum absolute atomic E-state index is 12.4. The van der Waals surface area contributed by atoms with E-state index in [0.717, 1.165) is 5.57 Å². The van der Waals surface area contributed by atoms with Crippen molar-refractivity contribution in [2.24, 2.45) is 0 Å². The third kappa shape index (κ3) is 7.01. The first-order valence-electron chi connectivity index (χ1n) is 7.67. The molecule has 128 valence electrons. The number of thiol groups is 1. The van der Waals surface area contributed by atoms with Crippen LogP contribution in [0.4, 0.5) is 0 Å². The predicted molar refractivity (Wildman–Crippen MR) is 110 cm³/mol. The molecule has 0 radical (unpaired) electrons. The van der Waals surface area contributed by atoms with Crippen LogP contribution in [0.2, 0.25) is 0 Å². The lowest BCUT2D eigenvalue weighted by atomic mass is 10.3. The minimum atomic E-state index is -0.145. The molecule has 1 N–H and O–H groups in total. The zero-order valence-electron chi connectivity index (χ0n) is 14.7. The number of rotatable bonds is 4. The molecule has 0 unspecified atom stereocenters. The second-order valence-corrected chi connectivity index (χ2v) is 4.39. The minimum absolute atomic E-state index is 0.145. The van der Waals surface area contributed by atoms with E-state index in [1.54, 1.807) is 36.6 Å². The van der Waals surface area contributed by atoms with E-state index in [-0.39, 0.29) is 5.56 Å². The van der Waals surface area contributed by atoms with Crippen LogP contribution in [0.25, 0.3) is 12.2 Å². The molecule has 0 aliphatic rings. The summed E-state index contributed by atoms with van der Waals surface area (Å²) in [6.07, 6.45) is 6.73. The molecule has 5 heteroatoms. The molecule has 0 spiro atoms. The second-order valence-electron chi connectivity index (χ2n) is 3.75. The van der Waals surface area contributed by atoms with E-state index in [4.69, 9.17) is 12.2 Å². The molecule has 1 aromatic rings. The molecule has 23 heavy (non-hydrogen) atoms. The van der Waals surface area contributed by atoms with E-state index in [0.29, 0.717) is 21.9 Å². The van der Waals surface area contributed by atoms with Crippen LogP contribution in [-0.4, -0.2) is 9.55 Å². The Balaban J connectivity index is 0. The zero-order chi connectivity index (χ0) is 18.4. The van der Waals surface area contributed by atoms with Crippen LogP contribution in [0.1, 0.15) is 34.6 Å². The van der Waals surface area contributed by atoms with Crippen LogP contribution in [0, 0.1) is 4.77 Å². The van der Waals surface area contributed by atoms with Crippen molar-refractivity contribution in [3.63, 3.8) is 0 Å². The second kappa shape index (κ2) is 14.0. The van der Waals surface area contributed by atoms with Gasteiger partial charge in [0.25, 0.3) is 5.56 Å². The fourth-order valence-electron chi connectivity index (χ4n) is 1.62. The number of hydrogen-bond donors (Lipinski definition) is 2. The van der Waals surface area contributed by atoms with Crippen LogP contribution >= 0.6 is 24.8 Å². The molecule has 0 saturated carbocycles. The Labute approximate surface area is 149 Å². The summed E-state index contributed by atoms with van der Waals surface area (Å²) in [6, 6.07) is 0. The van der Waals surface area contributed by atoms with Crippen LogP contribution in [-0.2, 0) is 6.54 Å². The molecular weight excluding hydrogens is 324 g/mol. The lowest BCUT2D eigenvalue weighted by Gasteiger charge is -2.06. The van der Waals surface area contributed by atoms with Gasteiger partial charge in [0.1, 0.15) is 0 Å². The Bertz CT molecular complexity index is 753. The van der Waals surface area contributed by atoms with Gasteiger partial charge < -0.3 is 4.98 Å². The Morgan fingerprint density at radius 2 is 1.87 bits per heavy atom. The summed E-state index contributed by atoms with van der Waals surface area (Å²) in [4.78, 5) is 15.4. The maximum Gasteiger partial charge on any atom is 0.262 e. The van der Waals surface area contributed by atoms with Crippen LogP contribution in [0.5, 0.6) is 0 Å². The third-order valence-corrected chi connectivity index (χ3v) is 3.25. The molecule has 1 rings (SSSR count). The topological polar surface area (TPSA) is 37.8 Å². The van der Waals surface area contributed by atoms with Crippen molar-refractivity contribution in [3.8, 4) is 0 Å². The molecule has 0 aliphatic carbocycles. The summed E-state index contributed by atoms with van der Waals surface area (Å²) in [6.45, 7) is 17.4. The van der Waals surface area contributed by atoms with Gasteiger partial charge in [-0.3, -0.25) is 9.36 Å². The van der Waals surface area contributed by atoms with Crippen molar-refractivity contribution in [2.45, 2.75) is 41.2 Å². The van der Waals surface area contributed by atoms with Crippen LogP contribution < -0.4 is 16.1 Å². The SMILES string of the molecule is C=C/C=c1/[nH]c(=S)n(C/C(C=C)=C/S)c(=O)/c1=C/C.CC.CC. The normalized spacial score (nSPS) is 11.8. The zero-order valence-corrected chi connectivity index (χ0v) is 16.4. The fourth-order valence-corrected chi connectivity index (χ4v) is 2.06. The Kier molecular flexibility index (Phi) is 14.4. The number of nitrogens with zero attached hydrogens (tertiary/aromatic N) is 1. The lowest BCUT2D eigenvalue weighted by Crippen LogP contribution is -2.47. The van der Waals surface area contributed by atoms with Crippen molar-refractivity contribution in [1.82, 2.24) is 9.55 Å². The molecular formula is C18H28N2OS2. The number of allylic oxidation sites excluding steroid dienone is 3. The van der Waals surface area contributed by atoms with Gasteiger partial charge in [-0.15, -0.1) is 0 Å². The van der Waals surface area contributed by atoms with Gasteiger partial charge in [-0.2, -0.15) is 12.6 Å². The molecule has 0 fully saturated rings. The van der Waals surface area contributed by atoms with Crippen molar-refractivity contribution in [1.29, 1.82) is 0 Å². The van der Waals surface area contributed by atoms with Gasteiger partial charge in [0, 0.05) is 0 Å². The van der Waals surface area contributed by atoms with Crippen LogP contribution in [0.15, 0.2) is 41.1 Å². The summed E-state index contributed by atoms with van der Waals surface area (Å²) in [5, 5.41) is 2.84. The predicted octanol–water partition coefficient (Wildman–Crippen LogP) is 3.72. The molecule has 0 saturated heterocycles. The highest BCUT2D eigenvalue weighted by atomic mass is 32.1. The molecule has 0 aliphatic heterocycles. The first-order chi connectivity index (χ1) is 11.1. The first-order valence-corrected chi connectivity index (χ1v) is 8.59. The molecule has 1 aromatic heterocycles. The Hall–Kier alpha value is -1.59. The molecule has 0 atom stereocenters. The van der Waals surface area contributed by atoms with Gasteiger partial charge in [0.2, 0.25) is 0 Å². The molecule has 1 heterocycles. The van der Waals surface area contributed by atoms with E-state index in [1.807, 2.05) is 27.7 Å².